The first kappa shape index (κ1) is 17.4. The van der Waals surface area contributed by atoms with Crippen LogP contribution in [0.15, 0.2) is 36.7 Å². The van der Waals surface area contributed by atoms with Crippen LogP contribution in [0.5, 0.6) is 0 Å². The number of benzene rings is 1. The van der Waals surface area contributed by atoms with E-state index in [1.807, 2.05) is 18.2 Å². The van der Waals surface area contributed by atoms with Crippen molar-refractivity contribution in [2.75, 3.05) is 26.0 Å². The Hall–Kier alpha value is -2.47. The van der Waals surface area contributed by atoms with Gasteiger partial charge in [0.2, 0.25) is 5.91 Å². The third kappa shape index (κ3) is 3.79. The summed E-state index contributed by atoms with van der Waals surface area (Å²) < 4.78 is 0. The SMILES string of the molecule is Cc1sc2ncnc(NCCCC(=O)N(C)C)c2c1-c1ccccc1. The summed E-state index contributed by atoms with van der Waals surface area (Å²) in [5.74, 6) is 0.983. The fourth-order valence-electron chi connectivity index (χ4n) is 2.80. The number of fused-ring (bicyclic) bond motifs is 1. The Morgan fingerprint density at radius 3 is 2.68 bits per heavy atom. The summed E-state index contributed by atoms with van der Waals surface area (Å²) >= 11 is 1.68. The van der Waals surface area contributed by atoms with Crippen LogP contribution in [0.3, 0.4) is 0 Å². The van der Waals surface area contributed by atoms with Crippen molar-refractivity contribution < 1.29 is 4.79 Å². The van der Waals surface area contributed by atoms with E-state index in [4.69, 9.17) is 0 Å². The molecule has 130 valence electrons. The highest BCUT2D eigenvalue weighted by Gasteiger charge is 2.16. The van der Waals surface area contributed by atoms with Crippen molar-refractivity contribution >= 4 is 33.3 Å². The predicted octanol–water partition coefficient (Wildman–Crippen LogP) is 3.95. The van der Waals surface area contributed by atoms with Gasteiger partial charge in [-0.05, 0) is 18.9 Å². The smallest absolute Gasteiger partial charge is 0.222 e. The van der Waals surface area contributed by atoms with E-state index < -0.39 is 0 Å². The van der Waals surface area contributed by atoms with Crippen LogP contribution in [-0.4, -0.2) is 41.4 Å². The molecule has 0 aliphatic carbocycles. The van der Waals surface area contributed by atoms with Gasteiger partial charge in [0.25, 0.3) is 0 Å². The summed E-state index contributed by atoms with van der Waals surface area (Å²) in [5.41, 5.74) is 2.36. The zero-order valence-electron chi connectivity index (χ0n) is 14.7. The van der Waals surface area contributed by atoms with E-state index >= 15 is 0 Å². The molecule has 0 fully saturated rings. The number of nitrogens with zero attached hydrogens (tertiary/aromatic N) is 3. The lowest BCUT2D eigenvalue weighted by Crippen LogP contribution is -2.22. The summed E-state index contributed by atoms with van der Waals surface area (Å²) in [6.45, 7) is 2.82. The molecular weight excluding hydrogens is 332 g/mol. The lowest BCUT2D eigenvalue weighted by atomic mass is 10.0. The van der Waals surface area contributed by atoms with Crippen molar-refractivity contribution in [3.05, 3.63) is 41.5 Å². The molecule has 2 aromatic heterocycles. The van der Waals surface area contributed by atoms with Gasteiger partial charge < -0.3 is 10.2 Å². The first-order valence-electron chi connectivity index (χ1n) is 8.31. The average molecular weight is 354 g/mol. The molecular formula is C19H22N4OS. The number of nitrogens with one attached hydrogen (secondary N) is 1. The zero-order chi connectivity index (χ0) is 17.8. The quantitative estimate of drug-likeness (QED) is 0.681. The molecule has 1 aromatic carbocycles. The predicted molar refractivity (Wildman–Crippen MR) is 104 cm³/mol. The molecule has 0 saturated heterocycles. The van der Waals surface area contributed by atoms with Crippen LogP contribution in [0, 0.1) is 6.92 Å². The van der Waals surface area contributed by atoms with Crippen molar-refractivity contribution in [3.8, 4) is 11.1 Å². The zero-order valence-corrected chi connectivity index (χ0v) is 15.6. The van der Waals surface area contributed by atoms with Crippen molar-refractivity contribution in [3.63, 3.8) is 0 Å². The Kier molecular flexibility index (Phi) is 5.28. The average Bonchev–Trinajstić information content (AvgIpc) is 2.95. The molecule has 0 unspecified atom stereocenters. The van der Waals surface area contributed by atoms with Crippen LogP contribution in [0.2, 0.25) is 0 Å². The molecule has 0 aliphatic rings. The van der Waals surface area contributed by atoms with Gasteiger partial charge >= 0.3 is 0 Å². The van der Waals surface area contributed by atoms with Gasteiger partial charge in [-0.15, -0.1) is 11.3 Å². The van der Waals surface area contributed by atoms with Gasteiger partial charge in [-0.1, -0.05) is 30.3 Å². The maximum absolute atomic E-state index is 11.7. The van der Waals surface area contributed by atoms with Crippen molar-refractivity contribution in [2.45, 2.75) is 19.8 Å². The van der Waals surface area contributed by atoms with Crippen LogP contribution in [0.4, 0.5) is 5.82 Å². The number of thiophene rings is 1. The molecule has 0 bridgehead atoms. The van der Waals surface area contributed by atoms with Gasteiger partial charge in [0, 0.05) is 37.5 Å². The highest BCUT2D eigenvalue weighted by atomic mass is 32.1. The minimum atomic E-state index is 0.144. The summed E-state index contributed by atoms with van der Waals surface area (Å²) in [7, 11) is 3.56. The molecule has 5 nitrogen and oxygen atoms in total. The number of aromatic nitrogens is 2. The van der Waals surface area contributed by atoms with Crippen LogP contribution in [0.25, 0.3) is 21.3 Å². The van der Waals surface area contributed by atoms with Crippen LogP contribution >= 0.6 is 11.3 Å². The summed E-state index contributed by atoms with van der Waals surface area (Å²) in [4.78, 5) is 24.4. The molecule has 0 radical (unpaired) electrons. The molecule has 25 heavy (non-hydrogen) atoms. The van der Waals surface area contributed by atoms with Crippen LogP contribution in [-0.2, 0) is 4.79 Å². The number of aryl methyl sites for hydroxylation is 1. The van der Waals surface area contributed by atoms with E-state index in [0.29, 0.717) is 13.0 Å². The lowest BCUT2D eigenvalue weighted by Gasteiger charge is -2.11. The maximum atomic E-state index is 11.7. The highest BCUT2D eigenvalue weighted by Crippen LogP contribution is 2.40. The molecule has 0 saturated carbocycles. The van der Waals surface area contributed by atoms with Crippen molar-refractivity contribution in [1.82, 2.24) is 14.9 Å². The van der Waals surface area contributed by atoms with Gasteiger partial charge in [-0.25, -0.2) is 9.97 Å². The fraction of sp³-hybridized carbons (Fsp3) is 0.316. The number of amides is 1. The van der Waals surface area contributed by atoms with E-state index in [1.54, 1.807) is 36.7 Å². The second kappa shape index (κ2) is 7.61. The molecule has 1 N–H and O–H groups in total. The van der Waals surface area contributed by atoms with E-state index in [1.165, 1.54) is 16.0 Å². The Bertz CT molecular complexity index is 874. The molecule has 3 aromatic rings. The number of rotatable bonds is 6. The standard InChI is InChI=1S/C19H22N4OS/c1-13-16(14-8-5-4-6-9-14)17-18(21-12-22-19(17)25-13)20-11-7-10-15(24)23(2)3/h4-6,8-9,12H,7,10-11H2,1-3H3,(H,20,21,22). The number of anilines is 1. The minimum Gasteiger partial charge on any atom is -0.369 e. The van der Waals surface area contributed by atoms with E-state index in [-0.39, 0.29) is 5.91 Å². The number of hydrogen-bond donors (Lipinski definition) is 1. The van der Waals surface area contributed by atoms with E-state index in [0.717, 1.165) is 22.5 Å². The van der Waals surface area contributed by atoms with Crippen molar-refractivity contribution in [1.29, 1.82) is 0 Å². The second-order valence-electron chi connectivity index (χ2n) is 6.12. The van der Waals surface area contributed by atoms with E-state index in [9.17, 15) is 4.79 Å². The van der Waals surface area contributed by atoms with Gasteiger partial charge in [0.15, 0.2) is 0 Å². The second-order valence-corrected chi connectivity index (χ2v) is 7.32. The molecule has 1 amide bonds. The monoisotopic (exact) mass is 354 g/mol. The summed E-state index contributed by atoms with van der Waals surface area (Å²) in [6, 6.07) is 10.3. The highest BCUT2D eigenvalue weighted by molar-refractivity contribution is 7.19. The Morgan fingerprint density at radius 2 is 1.96 bits per heavy atom. The fourth-order valence-corrected chi connectivity index (χ4v) is 3.81. The largest absolute Gasteiger partial charge is 0.369 e. The van der Waals surface area contributed by atoms with Gasteiger partial charge in [-0.2, -0.15) is 0 Å². The van der Waals surface area contributed by atoms with Crippen molar-refractivity contribution in [2.24, 2.45) is 0 Å². The van der Waals surface area contributed by atoms with Gasteiger partial charge in [0.1, 0.15) is 17.0 Å². The third-order valence-electron chi connectivity index (χ3n) is 4.09. The van der Waals surface area contributed by atoms with Gasteiger partial charge in [-0.3, -0.25) is 4.79 Å². The molecule has 2 heterocycles. The Morgan fingerprint density at radius 1 is 1.20 bits per heavy atom. The molecule has 6 heteroatoms. The number of carbonyl (C=O) groups is 1. The molecule has 0 aliphatic heterocycles. The third-order valence-corrected chi connectivity index (χ3v) is 5.10. The Labute approximate surface area is 151 Å². The van der Waals surface area contributed by atoms with Crippen LogP contribution in [0.1, 0.15) is 17.7 Å². The molecule has 0 atom stereocenters. The van der Waals surface area contributed by atoms with Gasteiger partial charge in [0.05, 0.1) is 5.39 Å². The maximum Gasteiger partial charge on any atom is 0.222 e. The summed E-state index contributed by atoms with van der Waals surface area (Å²) in [6.07, 6.45) is 2.90. The first-order chi connectivity index (χ1) is 12.1. The molecule has 0 spiro atoms. The summed E-state index contributed by atoms with van der Waals surface area (Å²) in [5, 5.41) is 4.46. The molecule has 3 rings (SSSR count). The Balaban J connectivity index is 1.85. The first-order valence-corrected chi connectivity index (χ1v) is 9.13. The number of hydrogen-bond acceptors (Lipinski definition) is 5. The topological polar surface area (TPSA) is 58.1 Å². The van der Waals surface area contributed by atoms with E-state index in [2.05, 4.69) is 34.3 Å². The lowest BCUT2D eigenvalue weighted by molar-refractivity contribution is -0.128. The normalized spacial score (nSPS) is 10.8. The minimum absolute atomic E-state index is 0.144. The number of carbonyl (C=O) groups excluding carboxylic acids is 1. The van der Waals surface area contributed by atoms with Crippen LogP contribution < -0.4 is 5.32 Å².